The standard InChI is InChI=1S/C15H23NO2/c1-10-11(2)14(17)13(18-3)9-12(10)15(16)7-5-4-6-8-15/h9,17H,4-8,16H2,1-3H3. The number of benzene rings is 1. The van der Waals surface area contributed by atoms with Gasteiger partial charge in [0.1, 0.15) is 0 Å². The number of phenolic OH excluding ortho intramolecular Hbond substituents is 1. The molecule has 0 radical (unpaired) electrons. The highest BCUT2D eigenvalue weighted by molar-refractivity contribution is 5.54. The van der Waals surface area contributed by atoms with E-state index in [4.69, 9.17) is 10.5 Å². The first-order chi connectivity index (χ1) is 8.49. The van der Waals surface area contributed by atoms with E-state index < -0.39 is 0 Å². The molecule has 3 nitrogen and oxygen atoms in total. The van der Waals surface area contributed by atoms with Crippen molar-refractivity contribution in [3.8, 4) is 11.5 Å². The van der Waals surface area contributed by atoms with Crippen LogP contribution in [0.15, 0.2) is 6.07 Å². The minimum absolute atomic E-state index is 0.234. The van der Waals surface area contributed by atoms with E-state index in [2.05, 4.69) is 0 Å². The van der Waals surface area contributed by atoms with E-state index in [0.717, 1.165) is 29.5 Å². The van der Waals surface area contributed by atoms with Gasteiger partial charge in [-0.15, -0.1) is 0 Å². The lowest BCUT2D eigenvalue weighted by Gasteiger charge is -2.36. The van der Waals surface area contributed by atoms with Crippen LogP contribution >= 0.6 is 0 Å². The molecule has 0 saturated heterocycles. The third kappa shape index (κ3) is 2.07. The zero-order chi connectivity index (χ0) is 13.3. The Morgan fingerprint density at radius 1 is 1.17 bits per heavy atom. The van der Waals surface area contributed by atoms with E-state index in [9.17, 15) is 5.11 Å². The largest absolute Gasteiger partial charge is 0.504 e. The van der Waals surface area contributed by atoms with Gasteiger partial charge in [-0.05, 0) is 49.4 Å². The molecule has 3 N–H and O–H groups in total. The molecule has 0 aliphatic heterocycles. The molecular formula is C15H23NO2. The van der Waals surface area contributed by atoms with Gasteiger partial charge in [-0.1, -0.05) is 19.3 Å². The van der Waals surface area contributed by atoms with Gasteiger partial charge in [0.25, 0.3) is 0 Å². The topological polar surface area (TPSA) is 55.5 Å². The first-order valence-corrected chi connectivity index (χ1v) is 6.66. The van der Waals surface area contributed by atoms with Crippen LogP contribution in [-0.2, 0) is 5.54 Å². The SMILES string of the molecule is COc1cc(C2(N)CCCCC2)c(C)c(C)c1O. The molecule has 1 aromatic rings. The Labute approximate surface area is 109 Å². The van der Waals surface area contributed by atoms with Crippen LogP contribution in [0.25, 0.3) is 0 Å². The van der Waals surface area contributed by atoms with E-state index in [1.807, 2.05) is 19.9 Å². The zero-order valence-electron chi connectivity index (χ0n) is 11.5. The number of nitrogens with two attached hydrogens (primary N) is 1. The lowest BCUT2D eigenvalue weighted by Crippen LogP contribution is -2.39. The monoisotopic (exact) mass is 249 g/mol. The van der Waals surface area contributed by atoms with Gasteiger partial charge in [0, 0.05) is 5.54 Å². The van der Waals surface area contributed by atoms with Gasteiger partial charge >= 0.3 is 0 Å². The van der Waals surface area contributed by atoms with Crippen LogP contribution in [0.3, 0.4) is 0 Å². The summed E-state index contributed by atoms with van der Waals surface area (Å²) in [5.74, 6) is 0.765. The van der Waals surface area contributed by atoms with Crippen molar-refractivity contribution in [2.24, 2.45) is 5.73 Å². The Morgan fingerprint density at radius 2 is 1.78 bits per heavy atom. The molecule has 0 spiro atoms. The summed E-state index contributed by atoms with van der Waals surface area (Å²) in [6.45, 7) is 3.95. The van der Waals surface area contributed by atoms with Crippen molar-refractivity contribution in [1.82, 2.24) is 0 Å². The number of phenols is 1. The molecule has 2 rings (SSSR count). The van der Waals surface area contributed by atoms with Crippen LogP contribution in [0.2, 0.25) is 0 Å². The van der Waals surface area contributed by atoms with E-state index in [1.165, 1.54) is 19.3 Å². The number of aromatic hydroxyl groups is 1. The van der Waals surface area contributed by atoms with Gasteiger partial charge in [0.15, 0.2) is 11.5 Å². The fourth-order valence-electron chi connectivity index (χ4n) is 3.00. The normalized spacial score (nSPS) is 18.7. The molecule has 0 unspecified atom stereocenters. The Bertz CT molecular complexity index is 448. The zero-order valence-corrected chi connectivity index (χ0v) is 11.5. The van der Waals surface area contributed by atoms with Gasteiger partial charge in [-0.2, -0.15) is 0 Å². The van der Waals surface area contributed by atoms with Gasteiger partial charge in [0.05, 0.1) is 7.11 Å². The number of methoxy groups -OCH3 is 1. The molecule has 0 heterocycles. The van der Waals surface area contributed by atoms with Gasteiger partial charge < -0.3 is 15.6 Å². The number of hydrogen-bond acceptors (Lipinski definition) is 3. The van der Waals surface area contributed by atoms with E-state index in [1.54, 1.807) is 7.11 Å². The number of ether oxygens (including phenoxy) is 1. The highest BCUT2D eigenvalue weighted by atomic mass is 16.5. The molecule has 0 amide bonds. The summed E-state index contributed by atoms with van der Waals surface area (Å²) in [5, 5.41) is 10.0. The predicted molar refractivity (Wildman–Crippen MR) is 73.1 cm³/mol. The van der Waals surface area contributed by atoms with Crippen molar-refractivity contribution in [2.45, 2.75) is 51.5 Å². The molecule has 18 heavy (non-hydrogen) atoms. The molecule has 100 valence electrons. The molecule has 3 heteroatoms. The smallest absolute Gasteiger partial charge is 0.161 e. The molecule has 0 atom stereocenters. The Morgan fingerprint density at radius 3 is 2.33 bits per heavy atom. The molecule has 0 aromatic heterocycles. The van der Waals surface area contributed by atoms with Crippen LogP contribution < -0.4 is 10.5 Å². The van der Waals surface area contributed by atoms with Crippen molar-refractivity contribution in [3.63, 3.8) is 0 Å². The second-order valence-electron chi connectivity index (χ2n) is 5.44. The lowest BCUT2D eigenvalue weighted by molar-refractivity contribution is 0.298. The Kier molecular flexibility index (Phi) is 3.53. The maximum absolute atomic E-state index is 10.0. The van der Waals surface area contributed by atoms with Crippen LogP contribution in [-0.4, -0.2) is 12.2 Å². The summed E-state index contributed by atoms with van der Waals surface area (Å²) in [5.41, 5.74) is 9.43. The average molecular weight is 249 g/mol. The van der Waals surface area contributed by atoms with Crippen LogP contribution in [0.1, 0.15) is 48.8 Å². The first kappa shape index (κ1) is 13.2. The molecule has 1 aromatic carbocycles. The summed E-state index contributed by atoms with van der Waals surface area (Å²) in [4.78, 5) is 0. The maximum Gasteiger partial charge on any atom is 0.161 e. The summed E-state index contributed by atoms with van der Waals surface area (Å²) in [7, 11) is 1.58. The summed E-state index contributed by atoms with van der Waals surface area (Å²) < 4.78 is 5.25. The van der Waals surface area contributed by atoms with Crippen LogP contribution in [0, 0.1) is 13.8 Å². The fourth-order valence-corrected chi connectivity index (χ4v) is 3.00. The Hall–Kier alpha value is -1.22. The number of hydrogen-bond donors (Lipinski definition) is 2. The summed E-state index contributed by atoms with van der Waals surface area (Å²) >= 11 is 0. The lowest BCUT2D eigenvalue weighted by atomic mass is 9.75. The summed E-state index contributed by atoms with van der Waals surface area (Å²) in [6.07, 6.45) is 5.66. The van der Waals surface area contributed by atoms with Crippen molar-refractivity contribution in [1.29, 1.82) is 0 Å². The van der Waals surface area contributed by atoms with Gasteiger partial charge in [0.2, 0.25) is 0 Å². The fraction of sp³-hybridized carbons (Fsp3) is 0.600. The predicted octanol–water partition coefficient (Wildman–Crippen LogP) is 3.14. The van der Waals surface area contributed by atoms with Crippen molar-refractivity contribution in [3.05, 3.63) is 22.8 Å². The molecule has 0 bridgehead atoms. The van der Waals surface area contributed by atoms with Gasteiger partial charge in [-0.25, -0.2) is 0 Å². The van der Waals surface area contributed by atoms with Crippen molar-refractivity contribution in [2.75, 3.05) is 7.11 Å². The second-order valence-corrected chi connectivity index (χ2v) is 5.44. The first-order valence-electron chi connectivity index (χ1n) is 6.66. The Balaban J connectivity index is 2.53. The minimum Gasteiger partial charge on any atom is -0.504 e. The highest BCUT2D eigenvalue weighted by Crippen LogP contribution is 2.42. The molecule has 1 aliphatic rings. The van der Waals surface area contributed by atoms with Crippen molar-refractivity contribution < 1.29 is 9.84 Å². The number of rotatable bonds is 2. The second kappa shape index (κ2) is 4.81. The molecule has 1 fully saturated rings. The van der Waals surface area contributed by atoms with Crippen LogP contribution in [0.4, 0.5) is 0 Å². The average Bonchev–Trinajstić information content (AvgIpc) is 2.37. The van der Waals surface area contributed by atoms with Crippen LogP contribution in [0.5, 0.6) is 11.5 Å². The third-order valence-corrected chi connectivity index (χ3v) is 4.33. The van der Waals surface area contributed by atoms with E-state index >= 15 is 0 Å². The third-order valence-electron chi connectivity index (χ3n) is 4.33. The molecular weight excluding hydrogens is 226 g/mol. The van der Waals surface area contributed by atoms with Crippen molar-refractivity contribution >= 4 is 0 Å². The van der Waals surface area contributed by atoms with Gasteiger partial charge in [-0.3, -0.25) is 0 Å². The minimum atomic E-state index is -0.256. The van der Waals surface area contributed by atoms with E-state index in [-0.39, 0.29) is 11.3 Å². The maximum atomic E-state index is 10.0. The molecule has 1 aliphatic carbocycles. The summed E-state index contributed by atoms with van der Waals surface area (Å²) in [6, 6.07) is 1.92. The highest BCUT2D eigenvalue weighted by Gasteiger charge is 2.32. The van der Waals surface area contributed by atoms with E-state index in [0.29, 0.717) is 5.75 Å². The quantitative estimate of drug-likeness (QED) is 0.846. The molecule has 1 saturated carbocycles.